The highest BCUT2D eigenvalue weighted by molar-refractivity contribution is 5.73. The number of anilines is 1. The van der Waals surface area contributed by atoms with E-state index in [-0.39, 0.29) is 5.91 Å². The highest BCUT2D eigenvalue weighted by atomic mass is 16.3. The van der Waals surface area contributed by atoms with E-state index in [9.17, 15) is 9.90 Å². The predicted molar refractivity (Wildman–Crippen MR) is 101 cm³/mol. The first-order chi connectivity index (χ1) is 12.5. The van der Waals surface area contributed by atoms with Crippen molar-refractivity contribution in [3.05, 3.63) is 53.0 Å². The molecule has 0 aliphatic carbocycles. The first-order valence-corrected chi connectivity index (χ1v) is 9.01. The number of hydrogen-bond donors (Lipinski definition) is 1. The van der Waals surface area contributed by atoms with Gasteiger partial charge in [-0.1, -0.05) is 30.3 Å². The van der Waals surface area contributed by atoms with E-state index in [0.717, 1.165) is 41.3 Å². The van der Waals surface area contributed by atoms with Gasteiger partial charge in [-0.3, -0.25) is 4.79 Å². The zero-order chi connectivity index (χ0) is 18.7. The molecule has 0 bridgehead atoms. The number of benzene rings is 1. The number of fused-ring (bicyclic) bond motifs is 1. The molecule has 138 valence electrons. The smallest absolute Gasteiger partial charge is 0.219 e. The molecule has 2 aromatic rings. The second kappa shape index (κ2) is 7.83. The Morgan fingerprint density at radius 1 is 1.23 bits per heavy atom. The average molecular weight is 354 g/mol. The Hall–Kier alpha value is -2.47. The van der Waals surface area contributed by atoms with E-state index in [4.69, 9.17) is 0 Å². The van der Waals surface area contributed by atoms with Gasteiger partial charge in [-0.2, -0.15) is 0 Å². The van der Waals surface area contributed by atoms with Crippen LogP contribution in [0, 0.1) is 6.92 Å². The van der Waals surface area contributed by atoms with Crippen molar-refractivity contribution in [2.75, 3.05) is 31.6 Å². The van der Waals surface area contributed by atoms with Crippen LogP contribution in [0.5, 0.6) is 0 Å². The monoisotopic (exact) mass is 354 g/mol. The maximum atomic E-state index is 11.7. The number of aromatic nitrogens is 2. The SMILES string of the molecule is CC(=O)N1CCc2nc(C)nc(N(C)C[C@@H](O)c3ccccc3)c2CC1. The van der Waals surface area contributed by atoms with Gasteiger partial charge in [0.15, 0.2) is 0 Å². The van der Waals surface area contributed by atoms with E-state index in [1.807, 2.05) is 54.1 Å². The normalized spacial score (nSPS) is 15.2. The summed E-state index contributed by atoms with van der Waals surface area (Å²) in [5.41, 5.74) is 2.98. The first kappa shape index (κ1) is 18.3. The lowest BCUT2D eigenvalue weighted by Crippen LogP contribution is -2.31. The number of hydrogen-bond acceptors (Lipinski definition) is 5. The Balaban J connectivity index is 1.84. The van der Waals surface area contributed by atoms with Crippen LogP contribution in [0.2, 0.25) is 0 Å². The van der Waals surface area contributed by atoms with Gasteiger partial charge in [-0.05, 0) is 18.9 Å². The van der Waals surface area contributed by atoms with Crippen LogP contribution in [0.25, 0.3) is 0 Å². The molecule has 1 aliphatic rings. The molecule has 0 radical (unpaired) electrons. The number of carbonyl (C=O) groups excluding carboxylic acids is 1. The minimum Gasteiger partial charge on any atom is -0.387 e. The van der Waals surface area contributed by atoms with Crippen molar-refractivity contribution in [1.29, 1.82) is 0 Å². The van der Waals surface area contributed by atoms with Crippen LogP contribution in [0.3, 0.4) is 0 Å². The Labute approximate surface area is 154 Å². The number of carbonyl (C=O) groups is 1. The van der Waals surface area contributed by atoms with Crippen LogP contribution in [-0.4, -0.2) is 52.6 Å². The molecule has 2 heterocycles. The number of nitrogens with zero attached hydrogens (tertiary/aromatic N) is 4. The first-order valence-electron chi connectivity index (χ1n) is 9.01. The largest absolute Gasteiger partial charge is 0.387 e. The molecule has 0 unspecified atom stereocenters. The highest BCUT2D eigenvalue weighted by Crippen LogP contribution is 2.26. The highest BCUT2D eigenvalue weighted by Gasteiger charge is 2.23. The lowest BCUT2D eigenvalue weighted by molar-refractivity contribution is -0.128. The van der Waals surface area contributed by atoms with Crippen molar-refractivity contribution in [2.24, 2.45) is 0 Å². The number of aliphatic hydroxyl groups is 1. The van der Waals surface area contributed by atoms with Gasteiger partial charge in [0.2, 0.25) is 5.91 Å². The van der Waals surface area contributed by atoms with Crippen LogP contribution in [0.1, 0.15) is 35.7 Å². The average Bonchev–Trinajstić information content (AvgIpc) is 2.84. The standard InChI is InChI=1S/C20H26N4O2/c1-14-21-18-10-12-24(15(2)25)11-9-17(18)20(22-14)23(3)13-19(26)16-7-5-4-6-8-16/h4-8,19,26H,9-13H2,1-3H3/t19-/m1/s1. The minimum absolute atomic E-state index is 0.0943. The van der Waals surface area contributed by atoms with Crippen molar-refractivity contribution in [3.63, 3.8) is 0 Å². The fourth-order valence-electron chi connectivity index (χ4n) is 3.46. The third-order valence-electron chi connectivity index (χ3n) is 4.87. The zero-order valence-corrected chi connectivity index (χ0v) is 15.6. The van der Waals surface area contributed by atoms with Gasteiger partial charge >= 0.3 is 0 Å². The van der Waals surface area contributed by atoms with Gasteiger partial charge in [0.25, 0.3) is 0 Å². The lowest BCUT2D eigenvalue weighted by Gasteiger charge is -2.25. The van der Waals surface area contributed by atoms with E-state index >= 15 is 0 Å². The number of likely N-dealkylation sites (N-methyl/N-ethyl adjacent to an activating group) is 1. The van der Waals surface area contributed by atoms with Crippen molar-refractivity contribution in [1.82, 2.24) is 14.9 Å². The zero-order valence-electron chi connectivity index (χ0n) is 15.6. The molecule has 3 rings (SSSR count). The molecule has 0 saturated carbocycles. The Kier molecular flexibility index (Phi) is 5.52. The number of aliphatic hydroxyl groups excluding tert-OH is 1. The Morgan fingerprint density at radius 3 is 2.62 bits per heavy atom. The van der Waals surface area contributed by atoms with Gasteiger partial charge in [0, 0.05) is 45.6 Å². The molecule has 1 amide bonds. The topological polar surface area (TPSA) is 69.6 Å². The fourth-order valence-corrected chi connectivity index (χ4v) is 3.46. The van der Waals surface area contributed by atoms with E-state index in [0.29, 0.717) is 19.6 Å². The van der Waals surface area contributed by atoms with Gasteiger partial charge in [0.1, 0.15) is 11.6 Å². The third kappa shape index (κ3) is 4.02. The summed E-state index contributed by atoms with van der Waals surface area (Å²) in [4.78, 5) is 24.8. The molecule has 1 aromatic carbocycles. The summed E-state index contributed by atoms with van der Waals surface area (Å²) in [7, 11) is 1.95. The number of amides is 1. The summed E-state index contributed by atoms with van der Waals surface area (Å²) >= 11 is 0. The van der Waals surface area contributed by atoms with Crippen molar-refractivity contribution < 1.29 is 9.90 Å². The quantitative estimate of drug-likeness (QED) is 0.908. The molecule has 1 aromatic heterocycles. The molecule has 0 fully saturated rings. The molecule has 0 spiro atoms. The van der Waals surface area contributed by atoms with Crippen molar-refractivity contribution in [2.45, 2.75) is 32.8 Å². The number of rotatable bonds is 4. The van der Waals surface area contributed by atoms with E-state index < -0.39 is 6.10 Å². The summed E-state index contributed by atoms with van der Waals surface area (Å²) in [6.07, 6.45) is 0.878. The van der Waals surface area contributed by atoms with Gasteiger partial charge in [-0.25, -0.2) is 9.97 Å². The molecule has 1 atom stereocenters. The maximum Gasteiger partial charge on any atom is 0.219 e. The third-order valence-corrected chi connectivity index (χ3v) is 4.87. The second-order valence-corrected chi connectivity index (χ2v) is 6.83. The van der Waals surface area contributed by atoms with Crippen LogP contribution in [0.4, 0.5) is 5.82 Å². The Bertz CT molecular complexity index is 779. The maximum absolute atomic E-state index is 11.7. The van der Waals surface area contributed by atoms with Crippen LogP contribution < -0.4 is 4.90 Å². The molecule has 0 saturated heterocycles. The van der Waals surface area contributed by atoms with Crippen molar-refractivity contribution >= 4 is 11.7 Å². The summed E-state index contributed by atoms with van der Waals surface area (Å²) in [6.45, 7) is 5.31. The van der Waals surface area contributed by atoms with E-state index in [1.54, 1.807) is 6.92 Å². The molecule has 26 heavy (non-hydrogen) atoms. The van der Waals surface area contributed by atoms with Crippen LogP contribution in [0.15, 0.2) is 30.3 Å². The van der Waals surface area contributed by atoms with Crippen molar-refractivity contribution in [3.8, 4) is 0 Å². The molecular weight excluding hydrogens is 328 g/mol. The van der Waals surface area contributed by atoms with Crippen LogP contribution in [-0.2, 0) is 17.6 Å². The van der Waals surface area contributed by atoms with Gasteiger partial charge < -0.3 is 14.9 Å². The Morgan fingerprint density at radius 2 is 1.92 bits per heavy atom. The van der Waals surface area contributed by atoms with E-state index in [2.05, 4.69) is 9.97 Å². The summed E-state index contributed by atoms with van der Waals surface area (Å²) in [5, 5.41) is 10.6. The molecular formula is C20H26N4O2. The minimum atomic E-state index is -0.591. The second-order valence-electron chi connectivity index (χ2n) is 6.83. The molecule has 6 nitrogen and oxygen atoms in total. The molecule has 1 N–H and O–H groups in total. The summed E-state index contributed by atoms with van der Waals surface area (Å²) in [6, 6.07) is 9.64. The van der Waals surface area contributed by atoms with Gasteiger partial charge in [0.05, 0.1) is 11.8 Å². The number of aryl methyl sites for hydroxylation is 1. The molecule has 1 aliphatic heterocycles. The summed E-state index contributed by atoms with van der Waals surface area (Å²) in [5.74, 6) is 1.67. The molecule has 6 heteroatoms. The van der Waals surface area contributed by atoms with E-state index in [1.165, 1.54) is 0 Å². The van der Waals surface area contributed by atoms with Gasteiger partial charge in [-0.15, -0.1) is 0 Å². The van der Waals surface area contributed by atoms with Crippen LogP contribution >= 0.6 is 0 Å². The predicted octanol–water partition coefficient (Wildman–Crippen LogP) is 1.90. The fraction of sp³-hybridized carbons (Fsp3) is 0.450. The lowest BCUT2D eigenvalue weighted by atomic mass is 10.1. The summed E-state index contributed by atoms with van der Waals surface area (Å²) < 4.78 is 0.